The zero-order chi connectivity index (χ0) is 10.6. The molecule has 0 aliphatic rings. The minimum atomic E-state index is -0.415. The molecule has 0 aliphatic heterocycles. The molecule has 84 valence electrons. The van der Waals surface area contributed by atoms with Gasteiger partial charge in [0.25, 0.3) is 5.91 Å². The topological polar surface area (TPSA) is 97.2 Å². The summed E-state index contributed by atoms with van der Waals surface area (Å²) in [5.74, 6) is -1.11. The van der Waals surface area contributed by atoms with E-state index < -0.39 is 11.7 Å². The summed E-state index contributed by atoms with van der Waals surface area (Å²) in [7, 11) is 0. The quantitative estimate of drug-likeness (QED) is 0.401. The average molecular weight is 233 g/mol. The maximum Gasteiger partial charge on any atom is 0.255 e. The molecule has 0 heterocycles. The van der Waals surface area contributed by atoms with Crippen molar-refractivity contribution >= 4 is 5.91 Å². The Morgan fingerprint density at radius 3 is 2.67 bits per heavy atom. The molecule has 6 N–H and O–H groups in total. The molecule has 0 saturated carbocycles. The number of quaternary nitrogens is 1. The Labute approximate surface area is 93.3 Å². The first kappa shape index (κ1) is 13.5. The van der Waals surface area contributed by atoms with Crippen LogP contribution in [0.25, 0.3) is 0 Å². The van der Waals surface area contributed by atoms with Crippen LogP contribution in [0.5, 0.6) is 11.5 Å². The summed E-state index contributed by atoms with van der Waals surface area (Å²) in [6.45, 7) is 1.01. The predicted octanol–water partition coefficient (Wildman–Crippen LogP) is -3.93. The molecule has 0 fully saturated rings. The van der Waals surface area contributed by atoms with E-state index in [1.807, 2.05) is 0 Å². The number of phenols is 2. The van der Waals surface area contributed by atoms with Crippen LogP contribution >= 0.6 is 0 Å². The van der Waals surface area contributed by atoms with Gasteiger partial charge in [0.05, 0.1) is 18.7 Å². The molecule has 0 aliphatic carbocycles. The minimum absolute atomic E-state index is 0. The second kappa shape index (κ2) is 6.10. The van der Waals surface area contributed by atoms with Crippen molar-refractivity contribution in [3.05, 3.63) is 23.8 Å². The van der Waals surface area contributed by atoms with Crippen LogP contribution in [-0.2, 0) is 0 Å². The lowest BCUT2D eigenvalue weighted by Crippen LogP contribution is -3.00. The van der Waals surface area contributed by atoms with E-state index >= 15 is 0 Å². The van der Waals surface area contributed by atoms with Crippen LogP contribution in [0.2, 0.25) is 0 Å². The fourth-order valence-electron chi connectivity index (χ4n) is 1.01. The molecule has 0 spiro atoms. The molecular weight excluding hydrogens is 220 g/mol. The van der Waals surface area contributed by atoms with Gasteiger partial charge in [-0.2, -0.15) is 0 Å². The summed E-state index contributed by atoms with van der Waals surface area (Å²) in [5, 5.41) is 21.0. The van der Waals surface area contributed by atoms with Crippen LogP contribution < -0.4 is 23.5 Å². The lowest BCUT2D eigenvalue weighted by atomic mass is 10.1. The Bertz CT molecular complexity index is 344. The first-order valence-electron chi connectivity index (χ1n) is 4.25. The fraction of sp³-hybridized carbons (Fsp3) is 0.222. The number of carbonyl (C=O) groups is 1. The first-order valence-corrected chi connectivity index (χ1v) is 4.25. The molecule has 15 heavy (non-hydrogen) atoms. The predicted molar refractivity (Wildman–Crippen MR) is 49.9 cm³/mol. The zero-order valence-corrected chi connectivity index (χ0v) is 8.79. The summed E-state index contributed by atoms with van der Waals surface area (Å²) < 4.78 is 0. The van der Waals surface area contributed by atoms with Crippen LogP contribution in [0, 0.1) is 0 Å². The number of carbonyl (C=O) groups excluding carboxylic acids is 1. The molecule has 1 amide bonds. The molecule has 6 heteroatoms. The third-order valence-corrected chi connectivity index (χ3v) is 1.72. The largest absolute Gasteiger partial charge is 1.00 e. The van der Waals surface area contributed by atoms with Crippen molar-refractivity contribution in [2.24, 2.45) is 0 Å². The first-order chi connectivity index (χ1) is 6.66. The van der Waals surface area contributed by atoms with Gasteiger partial charge in [0.15, 0.2) is 11.5 Å². The Kier molecular flexibility index (Phi) is 5.51. The van der Waals surface area contributed by atoms with Gasteiger partial charge in [-0.15, -0.1) is 0 Å². The number of halogens is 1. The van der Waals surface area contributed by atoms with Crippen LogP contribution in [0.1, 0.15) is 10.4 Å². The number of phenolic OH excluding ortho intramolecular Hbond substituents is 2. The van der Waals surface area contributed by atoms with Crippen molar-refractivity contribution in [3.8, 4) is 11.5 Å². The van der Waals surface area contributed by atoms with E-state index in [1.54, 1.807) is 0 Å². The molecule has 5 nitrogen and oxygen atoms in total. The van der Waals surface area contributed by atoms with Crippen molar-refractivity contribution < 1.29 is 33.1 Å². The SMILES string of the molecule is [Cl-].[NH3+]CCNC(=O)c1cccc(O)c1O. The van der Waals surface area contributed by atoms with E-state index in [-0.39, 0.29) is 23.7 Å². The molecule has 0 aromatic heterocycles. The smallest absolute Gasteiger partial charge is 0.255 e. The maximum absolute atomic E-state index is 11.4. The Balaban J connectivity index is 0.00000196. The molecule has 0 atom stereocenters. The van der Waals surface area contributed by atoms with E-state index in [0.29, 0.717) is 13.1 Å². The summed E-state index contributed by atoms with van der Waals surface area (Å²) in [5.41, 5.74) is 3.63. The van der Waals surface area contributed by atoms with E-state index in [0.717, 1.165) is 0 Å². The van der Waals surface area contributed by atoms with Gasteiger partial charge < -0.3 is 33.7 Å². The Morgan fingerprint density at radius 1 is 1.40 bits per heavy atom. The van der Waals surface area contributed by atoms with Crippen LogP contribution in [0.4, 0.5) is 0 Å². The van der Waals surface area contributed by atoms with E-state index in [4.69, 9.17) is 5.11 Å². The molecule has 0 bridgehead atoms. The molecule has 1 aromatic rings. The average Bonchev–Trinajstić information content (AvgIpc) is 2.18. The maximum atomic E-state index is 11.4. The highest BCUT2D eigenvalue weighted by Crippen LogP contribution is 2.27. The molecule has 1 rings (SSSR count). The van der Waals surface area contributed by atoms with E-state index in [1.165, 1.54) is 18.2 Å². The lowest BCUT2D eigenvalue weighted by molar-refractivity contribution is -0.364. The van der Waals surface area contributed by atoms with Gasteiger partial charge in [-0.05, 0) is 12.1 Å². The summed E-state index contributed by atoms with van der Waals surface area (Å²) in [4.78, 5) is 11.4. The number of amides is 1. The van der Waals surface area contributed by atoms with Gasteiger partial charge in [-0.3, -0.25) is 4.79 Å². The summed E-state index contributed by atoms with van der Waals surface area (Å²) >= 11 is 0. The van der Waals surface area contributed by atoms with Gasteiger partial charge in [-0.25, -0.2) is 0 Å². The third-order valence-electron chi connectivity index (χ3n) is 1.72. The van der Waals surface area contributed by atoms with Gasteiger partial charge in [0, 0.05) is 0 Å². The fourth-order valence-corrected chi connectivity index (χ4v) is 1.01. The highest BCUT2D eigenvalue weighted by Gasteiger charge is 2.12. The molecule has 1 aromatic carbocycles. The van der Waals surface area contributed by atoms with Crippen molar-refractivity contribution in [1.29, 1.82) is 0 Å². The number of hydrogen-bond acceptors (Lipinski definition) is 3. The van der Waals surface area contributed by atoms with Gasteiger partial charge in [0.2, 0.25) is 0 Å². The van der Waals surface area contributed by atoms with Gasteiger partial charge >= 0.3 is 0 Å². The number of nitrogens with one attached hydrogen (secondary N) is 1. The summed E-state index contributed by atoms with van der Waals surface area (Å²) in [6, 6.07) is 4.25. The molecule has 0 unspecified atom stereocenters. The highest BCUT2D eigenvalue weighted by molar-refractivity contribution is 5.97. The van der Waals surface area contributed by atoms with Gasteiger partial charge in [0.1, 0.15) is 0 Å². The van der Waals surface area contributed by atoms with E-state index in [9.17, 15) is 9.90 Å². The molecule has 0 saturated heterocycles. The van der Waals surface area contributed by atoms with Crippen LogP contribution in [0.15, 0.2) is 18.2 Å². The number of aromatic hydroxyl groups is 2. The van der Waals surface area contributed by atoms with Crippen LogP contribution in [0.3, 0.4) is 0 Å². The Hall–Kier alpha value is -1.46. The number of hydrogen-bond donors (Lipinski definition) is 4. The van der Waals surface area contributed by atoms with Crippen molar-refractivity contribution in [1.82, 2.24) is 5.32 Å². The summed E-state index contributed by atoms with van der Waals surface area (Å²) in [6.07, 6.45) is 0. The van der Waals surface area contributed by atoms with Crippen LogP contribution in [-0.4, -0.2) is 29.2 Å². The zero-order valence-electron chi connectivity index (χ0n) is 8.03. The highest BCUT2D eigenvalue weighted by atomic mass is 35.5. The normalized spacial score (nSPS) is 9.13. The molecule has 0 radical (unpaired) electrons. The molecular formula is C9H13ClN2O3. The van der Waals surface area contributed by atoms with Crippen molar-refractivity contribution in [3.63, 3.8) is 0 Å². The van der Waals surface area contributed by atoms with Crippen molar-refractivity contribution in [2.75, 3.05) is 13.1 Å². The van der Waals surface area contributed by atoms with E-state index in [2.05, 4.69) is 11.1 Å². The lowest BCUT2D eigenvalue weighted by Gasteiger charge is -2.05. The third kappa shape index (κ3) is 3.30. The second-order valence-electron chi connectivity index (χ2n) is 2.78. The minimum Gasteiger partial charge on any atom is -1.00 e. The monoisotopic (exact) mass is 232 g/mol. The van der Waals surface area contributed by atoms with Crippen molar-refractivity contribution in [2.45, 2.75) is 0 Å². The number of para-hydroxylation sites is 1. The Morgan fingerprint density at radius 2 is 2.07 bits per heavy atom. The second-order valence-corrected chi connectivity index (χ2v) is 2.78. The number of benzene rings is 1. The van der Waals surface area contributed by atoms with Gasteiger partial charge in [-0.1, -0.05) is 6.07 Å². The number of rotatable bonds is 3. The standard InChI is InChI=1S/C9H12N2O3.ClH/c10-4-5-11-9(14)6-2-1-3-7(12)8(6)13;/h1-3,12-13H,4-5,10H2,(H,11,14);1H.